The van der Waals surface area contributed by atoms with E-state index in [0.29, 0.717) is 5.89 Å². The third-order valence-electron chi connectivity index (χ3n) is 3.96. The van der Waals surface area contributed by atoms with Crippen LogP contribution >= 0.6 is 0 Å². The molecule has 1 amide bonds. The molecule has 22 heavy (non-hydrogen) atoms. The summed E-state index contributed by atoms with van der Waals surface area (Å²) in [7, 11) is 0. The number of fused-ring (bicyclic) bond motifs is 1. The molecular weight excluding hydrogens is 278 g/mol. The standard InChI is InChI=1S/C17H23N3O2/c1-17(2,3)16-20-13-9-12(6-7-14(13)22-16)19-15(21)11-5-4-8-18-10-11/h6-7,9,11,18H,4-5,8,10H2,1-3H3,(H,19,21). The van der Waals surface area contributed by atoms with Gasteiger partial charge in [0, 0.05) is 17.6 Å². The summed E-state index contributed by atoms with van der Waals surface area (Å²) in [5.41, 5.74) is 2.18. The normalized spacial score (nSPS) is 19.3. The van der Waals surface area contributed by atoms with Crippen molar-refractivity contribution in [3.63, 3.8) is 0 Å². The van der Waals surface area contributed by atoms with Crippen molar-refractivity contribution >= 4 is 22.7 Å². The number of carbonyl (C=O) groups excluding carboxylic acids is 1. The highest BCUT2D eigenvalue weighted by molar-refractivity contribution is 5.94. The van der Waals surface area contributed by atoms with E-state index in [9.17, 15) is 4.79 Å². The molecule has 0 aliphatic carbocycles. The number of benzene rings is 1. The molecular formula is C17H23N3O2. The average molecular weight is 301 g/mol. The van der Waals surface area contributed by atoms with Gasteiger partial charge in [0.1, 0.15) is 5.52 Å². The Balaban J connectivity index is 1.78. The zero-order valence-corrected chi connectivity index (χ0v) is 13.4. The summed E-state index contributed by atoms with van der Waals surface area (Å²) < 4.78 is 5.77. The van der Waals surface area contributed by atoms with Crippen molar-refractivity contribution < 1.29 is 9.21 Å². The van der Waals surface area contributed by atoms with Crippen molar-refractivity contribution in [2.24, 2.45) is 5.92 Å². The van der Waals surface area contributed by atoms with E-state index >= 15 is 0 Å². The highest BCUT2D eigenvalue weighted by Crippen LogP contribution is 2.27. The van der Waals surface area contributed by atoms with E-state index in [4.69, 9.17) is 4.42 Å². The zero-order valence-electron chi connectivity index (χ0n) is 13.4. The lowest BCUT2D eigenvalue weighted by Gasteiger charge is -2.21. The third kappa shape index (κ3) is 3.14. The van der Waals surface area contributed by atoms with Gasteiger partial charge in [-0.15, -0.1) is 0 Å². The summed E-state index contributed by atoms with van der Waals surface area (Å²) in [6, 6.07) is 5.61. The molecule has 3 rings (SSSR count). The van der Waals surface area contributed by atoms with Crippen molar-refractivity contribution in [3.8, 4) is 0 Å². The fourth-order valence-corrected chi connectivity index (χ4v) is 2.65. The van der Waals surface area contributed by atoms with E-state index in [2.05, 4.69) is 36.4 Å². The largest absolute Gasteiger partial charge is 0.440 e. The molecule has 1 aliphatic rings. The van der Waals surface area contributed by atoms with Crippen LogP contribution in [0.15, 0.2) is 22.6 Å². The molecule has 0 saturated carbocycles. The van der Waals surface area contributed by atoms with Crippen LogP contribution in [0.5, 0.6) is 0 Å². The van der Waals surface area contributed by atoms with Crippen LogP contribution in [-0.2, 0) is 10.2 Å². The summed E-state index contributed by atoms with van der Waals surface area (Å²) in [6.07, 6.45) is 1.99. The Bertz CT molecular complexity index is 679. The van der Waals surface area contributed by atoms with Crippen molar-refractivity contribution in [2.45, 2.75) is 39.0 Å². The van der Waals surface area contributed by atoms with Crippen molar-refractivity contribution in [1.29, 1.82) is 0 Å². The van der Waals surface area contributed by atoms with Gasteiger partial charge in [-0.2, -0.15) is 0 Å². The minimum atomic E-state index is -0.129. The Morgan fingerprint density at radius 1 is 1.41 bits per heavy atom. The van der Waals surface area contributed by atoms with Gasteiger partial charge in [-0.25, -0.2) is 4.98 Å². The molecule has 0 radical (unpaired) electrons. The van der Waals surface area contributed by atoms with Gasteiger partial charge >= 0.3 is 0 Å². The number of aromatic nitrogens is 1. The number of hydrogen-bond acceptors (Lipinski definition) is 4. The van der Waals surface area contributed by atoms with Gasteiger partial charge in [0.2, 0.25) is 11.8 Å². The quantitative estimate of drug-likeness (QED) is 0.894. The second-order valence-corrected chi connectivity index (χ2v) is 6.98. The maximum Gasteiger partial charge on any atom is 0.228 e. The molecule has 1 fully saturated rings. The molecule has 5 nitrogen and oxygen atoms in total. The lowest BCUT2D eigenvalue weighted by atomic mass is 9.97. The number of carbonyl (C=O) groups is 1. The molecule has 1 atom stereocenters. The van der Waals surface area contributed by atoms with Gasteiger partial charge in [0.25, 0.3) is 0 Å². The fraction of sp³-hybridized carbons (Fsp3) is 0.529. The predicted octanol–water partition coefficient (Wildman–Crippen LogP) is 3.06. The first-order chi connectivity index (χ1) is 10.4. The third-order valence-corrected chi connectivity index (χ3v) is 3.96. The van der Waals surface area contributed by atoms with Crippen LogP contribution in [0.25, 0.3) is 11.1 Å². The van der Waals surface area contributed by atoms with Gasteiger partial charge in [0.05, 0.1) is 5.92 Å². The summed E-state index contributed by atoms with van der Waals surface area (Å²) in [4.78, 5) is 16.8. The fourth-order valence-electron chi connectivity index (χ4n) is 2.65. The SMILES string of the molecule is CC(C)(C)c1nc2cc(NC(=O)C3CCCNC3)ccc2o1. The number of amides is 1. The molecule has 1 aromatic heterocycles. The van der Waals surface area contributed by atoms with Gasteiger partial charge < -0.3 is 15.1 Å². The van der Waals surface area contributed by atoms with Crippen molar-refractivity contribution in [1.82, 2.24) is 10.3 Å². The van der Waals surface area contributed by atoms with E-state index in [1.165, 1.54) is 0 Å². The highest BCUT2D eigenvalue weighted by Gasteiger charge is 2.22. The summed E-state index contributed by atoms with van der Waals surface area (Å²) >= 11 is 0. The van der Waals surface area contributed by atoms with Crippen LogP contribution in [0, 0.1) is 5.92 Å². The second kappa shape index (κ2) is 5.72. The first kappa shape index (κ1) is 15.0. The van der Waals surface area contributed by atoms with Crippen LogP contribution in [0.1, 0.15) is 39.5 Å². The predicted molar refractivity (Wildman–Crippen MR) is 86.9 cm³/mol. The van der Waals surface area contributed by atoms with Gasteiger partial charge in [-0.1, -0.05) is 20.8 Å². The zero-order chi connectivity index (χ0) is 15.7. The number of oxazole rings is 1. The molecule has 1 unspecified atom stereocenters. The lowest BCUT2D eigenvalue weighted by molar-refractivity contribution is -0.120. The topological polar surface area (TPSA) is 67.2 Å². The van der Waals surface area contributed by atoms with Crippen molar-refractivity contribution in [3.05, 3.63) is 24.1 Å². The number of nitrogens with zero attached hydrogens (tertiary/aromatic N) is 1. The number of piperidine rings is 1. The number of anilines is 1. The Morgan fingerprint density at radius 2 is 2.23 bits per heavy atom. The van der Waals surface area contributed by atoms with E-state index in [1.807, 2.05) is 18.2 Å². The van der Waals surface area contributed by atoms with Gasteiger partial charge in [-0.3, -0.25) is 4.79 Å². The van der Waals surface area contributed by atoms with Crippen LogP contribution in [0.2, 0.25) is 0 Å². The monoisotopic (exact) mass is 301 g/mol. The molecule has 1 saturated heterocycles. The number of rotatable bonds is 2. The van der Waals surface area contributed by atoms with E-state index in [-0.39, 0.29) is 17.2 Å². The highest BCUT2D eigenvalue weighted by atomic mass is 16.3. The molecule has 5 heteroatoms. The molecule has 0 spiro atoms. The Hall–Kier alpha value is -1.88. The first-order valence-electron chi connectivity index (χ1n) is 7.86. The minimum absolute atomic E-state index is 0.0480. The molecule has 2 aromatic rings. The Labute approximate surface area is 130 Å². The molecule has 2 N–H and O–H groups in total. The molecule has 0 bridgehead atoms. The Morgan fingerprint density at radius 3 is 2.91 bits per heavy atom. The van der Waals surface area contributed by atoms with Crippen LogP contribution in [0.4, 0.5) is 5.69 Å². The Kier molecular flexibility index (Phi) is 3.91. The molecule has 1 aliphatic heterocycles. The number of nitrogens with one attached hydrogen (secondary N) is 2. The maximum absolute atomic E-state index is 12.3. The van der Waals surface area contributed by atoms with Crippen LogP contribution < -0.4 is 10.6 Å². The van der Waals surface area contributed by atoms with E-state index in [1.54, 1.807) is 0 Å². The van der Waals surface area contributed by atoms with E-state index in [0.717, 1.165) is 42.7 Å². The summed E-state index contributed by atoms with van der Waals surface area (Å²) in [6.45, 7) is 7.96. The van der Waals surface area contributed by atoms with E-state index < -0.39 is 0 Å². The van der Waals surface area contributed by atoms with Crippen LogP contribution in [0.3, 0.4) is 0 Å². The average Bonchev–Trinajstić information content (AvgIpc) is 2.91. The summed E-state index contributed by atoms with van der Waals surface area (Å²) in [5.74, 6) is 0.834. The lowest BCUT2D eigenvalue weighted by Crippen LogP contribution is -2.37. The second-order valence-electron chi connectivity index (χ2n) is 6.98. The van der Waals surface area contributed by atoms with Gasteiger partial charge in [0.15, 0.2) is 5.58 Å². The molecule has 118 valence electrons. The molecule has 1 aromatic carbocycles. The minimum Gasteiger partial charge on any atom is -0.440 e. The van der Waals surface area contributed by atoms with Crippen molar-refractivity contribution in [2.75, 3.05) is 18.4 Å². The van der Waals surface area contributed by atoms with Gasteiger partial charge in [-0.05, 0) is 37.6 Å². The molecule has 2 heterocycles. The number of hydrogen-bond donors (Lipinski definition) is 2. The summed E-state index contributed by atoms with van der Waals surface area (Å²) in [5, 5.41) is 6.25. The van der Waals surface area contributed by atoms with Crippen LogP contribution in [-0.4, -0.2) is 24.0 Å². The smallest absolute Gasteiger partial charge is 0.228 e. The maximum atomic E-state index is 12.3. The first-order valence-corrected chi connectivity index (χ1v) is 7.86.